The van der Waals surface area contributed by atoms with Crippen molar-refractivity contribution in [2.24, 2.45) is 0 Å². The molecule has 3 aromatic carbocycles. The van der Waals surface area contributed by atoms with E-state index >= 15 is 0 Å². The second-order valence-corrected chi connectivity index (χ2v) is 9.93. The van der Waals surface area contributed by atoms with Crippen LogP contribution in [0.25, 0.3) is 11.5 Å². The average molecular weight is 556 g/mol. The van der Waals surface area contributed by atoms with E-state index in [0.29, 0.717) is 61.1 Å². The summed E-state index contributed by atoms with van der Waals surface area (Å²) in [7, 11) is 1.59. The van der Waals surface area contributed by atoms with Gasteiger partial charge in [-0.3, -0.25) is 9.59 Å². The quantitative estimate of drug-likeness (QED) is 0.243. The van der Waals surface area contributed by atoms with Gasteiger partial charge in [0.1, 0.15) is 23.3 Å². The lowest BCUT2D eigenvalue weighted by atomic mass is 9.88. The second kappa shape index (κ2) is 12.7. The number of rotatable bonds is 11. The summed E-state index contributed by atoms with van der Waals surface area (Å²) in [5, 5.41) is 15.7. The molecule has 9 nitrogen and oxygen atoms in total. The lowest BCUT2D eigenvalue weighted by molar-refractivity contribution is -0.139. The van der Waals surface area contributed by atoms with Crippen LogP contribution in [0.15, 0.2) is 77.2 Å². The van der Waals surface area contributed by atoms with E-state index in [2.05, 4.69) is 15.6 Å². The number of methoxy groups -OCH3 is 1. The molecule has 1 unspecified atom stereocenters. The van der Waals surface area contributed by atoms with E-state index in [9.17, 15) is 14.7 Å². The summed E-state index contributed by atoms with van der Waals surface area (Å²) in [6, 6.07) is 21.7. The third kappa shape index (κ3) is 6.58. The van der Waals surface area contributed by atoms with Crippen molar-refractivity contribution in [1.29, 1.82) is 0 Å². The normalized spacial score (nSPS) is 16.3. The van der Waals surface area contributed by atoms with Gasteiger partial charge in [0, 0.05) is 30.0 Å². The van der Waals surface area contributed by atoms with Gasteiger partial charge in [-0.2, -0.15) is 0 Å². The van der Waals surface area contributed by atoms with Crippen LogP contribution >= 0.6 is 0 Å². The smallest absolute Gasteiger partial charge is 0.321 e. The summed E-state index contributed by atoms with van der Waals surface area (Å²) in [5.74, 6) is 0.935. The molecule has 0 bridgehead atoms. The zero-order valence-electron chi connectivity index (χ0n) is 23.1. The molecule has 1 aromatic heterocycles. The van der Waals surface area contributed by atoms with Crippen LogP contribution in [0.2, 0.25) is 0 Å². The van der Waals surface area contributed by atoms with Crippen LogP contribution in [-0.4, -0.2) is 48.3 Å². The Bertz CT molecular complexity index is 1520. The number of aromatic nitrogens is 1. The number of benzene rings is 3. The Morgan fingerprint density at radius 2 is 1.90 bits per heavy atom. The molecule has 1 aliphatic rings. The Morgan fingerprint density at radius 3 is 2.68 bits per heavy atom. The number of aliphatic carboxylic acids is 1. The van der Waals surface area contributed by atoms with Gasteiger partial charge in [0.25, 0.3) is 5.91 Å². The molecule has 0 spiro atoms. The summed E-state index contributed by atoms with van der Waals surface area (Å²) < 4.78 is 17.2. The molecule has 212 valence electrons. The summed E-state index contributed by atoms with van der Waals surface area (Å²) in [6.07, 6.45) is 1.14. The van der Waals surface area contributed by atoms with Crippen LogP contribution in [0.5, 0.6) is 11.5 Å². The number of aryl methyl sites for hydroxylation is 1. The molecule has 2 atom stereocenters. The molecular formula is C32H33N3O6. The number of hydrogen-bond acceptors (Lipinski definition) is 7. The number of carboxylic acid groups (broad SMARTS) is 1. The first-order chi connectivity index (χ1) is 19.9. The van der Waals surface area contributed by atoms with Gasteiger partial charge in [-0.1, -0.05) is 36.4 Å². The van der Waals surface area contributed by atoms with E-state index in [1.54, 1.807) is 25.3 Å². The fraction of sp³-hybridized carbons (Fsp3) is 0.281. The molecule has 4 aromatic rings. The van der Waals surface area contributed by atoms with Crippen LogP contribution in [-0.2, 0) is 17.8 Å². The van der Waals surface area contributed by atoms with Crippen LogP contribution in [0.3, 0.4) is 0 Å². The van der Waals surface area contributed by atoms with Crippen LogP contribution in [0.4, 0.5) is 0 Å². The summed E-state index contributed by atoms with van der Waals surface area (Å²) in [6.45, 7) is 3.06. The number of carbonyl (C=O) groups excluding carboxylic acids is 1. The summed E-state index contributed by atoms with van der Waals surface area (Å²) in [5.41, 5.74) is 3.67. The van der Waals surface area contributed by atoms with Crippen molar-refractivity contribution in [1.82, 2.24) is 15.6 Å². The van der Waals surface area contributed by atoms with Gasteiger partial charge in [-0.05, 0) is 67.4 Å². The van der Waals surface area contributed by atoms with Crippen LogP contribution in [0.1, 0.15) is 45.3 Å². The van der Waals surface area contributed by atoms with E-state index in [1.807, 2.05) is 61.5 Å². The molecule has 5 rings (SSSR count). The Hall–Kier alpha value is -4.63. The molecule has 1 amide bonds. The van der Waals surface area contributed by atoms with Crippen LogP contribution in [0, 0.1) is 6.92 Å². The van der Waals surface area contributed by atoms with Crippen molar-refractivity contribution >= 4 is 11.9 Å². The van der Waals surface area contributed by atoms with Crippen molar-refractivity contribution in [2.45, 2.75) is 38.3 Å². The largest absolute Gasteiger partial charge is 0.497 e. The predicted octanol–water partition coefficient (Wildman–Crippen LogP) is 4.74. The zero-order chi connectivity index (χ0) is 28.8. The summed E-state index contributed by atoms with van der Waals surface area (Å²) in [4.78, 5) is 30.0. The lowest BCUT2D eigenvalue weighted by Crippen LogP contribution is -2.35. The molecule has 1 fully saturated rings. The molecule has 1 saturated heterocycles. The first-order valence-corrected chi connectivity index (χ1v) is 13.6. The molecule has 1 aliphatic heterocycles. The average Bonchev–Trinajstić information content (AvgIpc) is 3.64. The van der Waals surface area contributed by atoms with E-state index in [4.69, 9.17) is 13.9 Å². The number of carboxylic acids is 1. The van der Waals surface area contributed by atoms with E-state index < -0.39 is 12.0 Å². The van der Waals surface area contributed by atoms with Crippen molar-refractivity contribution in [3.63, 3.8) is 0 Å². The van der Waals surface area contributed by atoms with E-state index in [1.165, 1.54) is 0 Å². The molecule has 0 aliphatic carbocycles. The molecule has 41 heavy (non-hydrogen) atoms. The van der Waals surface area contributed by atoms with Gasteiger partial charge in [-0.15, -0.1) is 0 Å². The highest BCUT2D eigenvalue weighted by Crippen LogP contribution is 2.33. The number of ether oxygens (including phenoxy) is 2. The minimum absolute atomic E-state index is 0.293. The first-order valence-electron chi connectivity index (χ1n) is 13.6. The SMILES string of the molecule is COc1cccc(CNC(=O)c2cc(OCCc3nc(-c4ccccc4)oc3C)ccc2C2CCN[C@@H]2C(=O)O)c1. The first kappa shape index (κ1) is 27.9. The number of nitrogens with zero attached hydrogens (tertiary/aromatic N) is 1. The Kier molecular flexibility index (Phi) is 8.64. The third-order valence-electron chi connectivity index (χ3n) is 7.27. The molecule has 9 heteroatoms. The van der Waals surface area contributed by atoms with Gasteiger partial charge in [0.05, 0.1) is 19.4 Å². The zero-order valence-corrected chi connectivity index (χ0v) is 23.1. The van der Waals surface area contributed by atoms with E-state index in [-0.39, 0.29) is 11.8 Å². The Morgan fingerprint density at radius 1 is 1.07 bits per heavy atom. The number of amides is 1. The van der Waals surface area contributed by atoms with E-state index in [0.717, 1.165) is 22.6 Å². The number of carbonyl (C=O) groups is 2. The van der Waals surface area contributed by atoms with Crippen molar-refractivity contribution in [3.8, 4) is 23.0 Å². The maximum absolute atomic E-state index is 13.5. The van der Waals surface area contributed by atoms with Gasteiger partial charge in [0.2, 0.25) is 5.89 Å². The molecule has 0 saturated carbocycles. The standard InChI is InChI=1S/C32H33N3O6/c1-20-28(35-31(41-20)22-8-4-3-5-9-22)14-16-40-24-11-12-25(26-13-15-33-29(26)32(37)38)27(18-24)30(36)34-19-21-7-6-10-23(17-21)39-2/h3-12,17-18,26,29,33H,13-16,19H2,1-2H3,(H,34,36)(H,37,38)/t26?,29-/m0/s1. The monoisotopic (exact) mass is 555 g/mol. The van der Waals surface area contributed by atoms with Gasteiger partial charge in [0.15, 0.2) is 0 Å². The maximum atomic E-state index is 13.5. The third-order valence-corrected chi connectivity index (χ3v) is 7.27. The fourth-order valence-electron chi connectivity index (χ4n) is 5.13. The minimum atomic E-state index is -0.937. The van der Waals surface area contributed by atoms with Gasteiger partial charge in [-0.25, -0.2) is 4.98 Å². The highest BCUT2D eigenvalue weighted by atomic mass is 16.5. The van der Waals surface area contributed by atoms with Crippen molar-refractivity contribution in [2.75, 3.05) is 20.3 Å². The van der Waals surface area contributed by atoms with Crippen LogP contribution < -0.4 is 20.1 Å². The minimum Gasteiger partial charge on any atom is -0.497 e. The Labute approximate surface area is 238 Å². The number of hydrogen-bond donors (Lipinski definition) is 3. The highest BCUT2D eigenvalue weighted by molar-refractivity contribution is 5.96. The Balaban J connectivity index is 1.32. The van der Waals surface area contributed by atoms with Gasteiger partial charge < -0.3 is 29.6 Å². The molecular weight excluding hydrogens is 522 g/mol. The number of oxazole rings is 1. The topological polar surface area (TPSA) is 123 Å². The molecule has 2 heterocycles. The van der Waals surface area contributed by atoms with Crippen molar-refractivity contribution < 1.29 is 28.6 Å². The fourth-order valence-corrected chi connectivity index (χ4v) is 5.13. The maximum Gasteiger partial charge on any atom is 0.321 e. The van der Waals surface area contributed by atoms with Crippen molar-refractivity contribution in [3.05, 3.63) is 101 Å². The molecule has 0 radical (unpaired) electrons. The number of nitrogens with one attached hydrogen (secondary N) is 2. The lowest BCUT2D eigenvalue weighted by Gasteiger charge is -2.20. The van der Waals surface area contributed by atoms with Gasteiger partial charge >= 0.3 is 5.97 Å². The molecule has 3 N–H and O–H groups in total. The summed E-state index contributed by atoms with van der Waals surface area (Å²) >= 11 is 0. The second-order valence-electron chi connectivity index (χ2n) is 9.93. The highest BCUT2D eigenvalue weighted by Gasteiger charge is 2.36. The predicted molar refractivity (Wildman–Crippen MR) is 153 cm³/mol.